The molecule has 0 radical (unpaired) electrons. The molecular formula is C34H60Na2O8. The summed E-state index contributed by atoms with van der Waals surface area (Å²) >= 11 is 0. The van der Waals surface area contributed by atoms with Gasteiger partial charge in [-0.15, -0.1) is 0 Å². The van der Waals surface area contributed by atoms with Gasteiger partial charge in [-0.3, -0.25) is 9.59 Å². The second-order valence-electron chi connectivity index (χ2n) is 11.9. The molecule has 2 atom stereocenters. The Bertz CT molecular complexity index is 647. The van der Waals surface area contributed by atoms with Crippen molar-refractivity contribution >= 4 is 23.9 Å². The van der Waals surface area contributed by atoms with Crippen molar-refractivity contribution < 1.29 is 98.0 Å². The molecule has 0 saturated heterocycles. The van der Waals surface area contributed by atoms with Crippen molar-refractivity contribution in [1.29, 1.82) is 0 Å². The molecule has 0 bridgehead atoms. The zero-order chi connectivity index (χ0) is 31.3. The molecule has 0 heterocycles. The molecule has 0 N–H and O–H groups in total. The summed E-state index contributed by atoms with van der Waals surface area (Å²) in [6, 6.07) is 0. The Hall–Kier alpha value is -0.120. The number of unbranched alkanes of at least 4 members (excludes halogenated alkanes) is 18. The van der Waals surface area contributed by atoms with Gasteiger partial charge < -0.3 is 29.3 Å². The van der Waals surface area contributed by atoms with E-state index in [0.717, 1.165) is 51.4 Å². The second-order valence-corrected chi connectivity index (χ2v) is 11.9. The topological polar surface area (TPSA) is 133 Å². The quantitative estimate of drug-likeness (QED) is 0.0596. The molecule has 0 aliphatic carbocycles. The minimum Gasteiger partial charge on any atom is -0.550 e. The molecule has 0 aliphatic rings. The number of carboxylic acids is 2. The van der Waals surface area contributed by atoms with Crippen molar-refractivity contribution in [2.75, 3.05) is 13.2 Å². The average Bonchev–Trinajstić information content (AvgIpc) is 2.93. The Kier molecular flexibility index (Phi) is 39.2. The molecule has 0 amide bonds. The molecule has 0 saturated carbocycles. The van der Waals surface area contributed by atoms with Gasteiger partial charge in [0.15, 0.2) is 0 Å². The Morgan fingerprint density at radius 3 is 0.932 bits per heavy atom. The number of esters is 2. The molecule has 0 aliphatic heterocycles. The van der Waals surface area contributed by atoms with Gasteiger partial charge in [-0.1, -0.05) is 129 Å². The summed E-state index contributed by atoms with van der Waals surface area (Å²) in [7, 11) is 0. The molecule has 8 nitrogen and oxygen atoms in total. The van der Waals surface area contributed by atoms with E-state index in [0.29, 0.717) is 0 Å². The summed E-state index contributed by atoms with van der Waals surface area (Å²) in [5.41, 5.74) is 0. The molecule has 0 rings (SSSR count). The van der Waals surface area contributed by atoms with E-state index in [4.69, 9.17) is 9.47 Å². The molecule has 0 aromatic carbocycles. The van der Waals surface area contributed by atoms with Crippen molar-refractivity contribution in [3.8, 4) is 0 Å². The smallest absolute Gasteiger partial charge is 0.550 e. The van der Waals surface area contributed by atoms with Crippen molar-refractivity contribution in [2.45, 2.75) is 168 Å². The van der Waals surface area contributed by atoms with Crippen LogP contribution in [0, 0.1) is 11.8 Å². The maximum atomic E-state index is 12.4. The number of hydrogen-bond donors (Lipinski definition) is 0. The van der Waals surface area contributed by atoms with Gasteiger partial charge in [0, 0.05) is 24.8 Å². The SMILES string of the molecule is CCCCCCCCCCCCOC(=O)CC(CC(=O)[O-])C(CC(=O)[O-])CC(=O)OCCCCCCCCCCCC.[Na+].[Na+]. The normalized spacial score (nSPS) is 12.0. The predicted octanol–water partition coefficient (Wildman–Crippen LogP) is 0.215. The third kappa shape index (κ3) is 33.2. The average molecular weight is 643 g/mol. The first-order chi connectivity index (χ1) is 20.3. The number of aliphatic carboxylic acids is 2. The third-order valence-electron chi connectivity index (χ3n) is 7.90. The molecule has 2 unspecified atom stereocenters. The van der Waals surface area contributed by atoms with Gasteiger partial charge in [0.1, 0.15) is 0 Å². The van der Waals surface area contributed by atoms with Crippen LogP contribution >= 0.6 is 0 Å². The summed E-state index contributed by atoms with van der Waals surface area (Å²) in [5, 5.41) is 22.7. The Balaban J connectivity index is -0.00000840. The first-order valence-corrected chi connectivity index (χ1v) is 17.0. The van der Waals surface area contributed by atoms with E-state index in [-0.39, 0.29) is 85.2 Å². The fraction of sp³-hybridized carbons (Fsp3) is 0.882. The molecule has 0 aromatic heterocycles. The number of ether oxygens (including phenoxy) is 2. The molecule has 0 spiro atoms. The maximum Gasteiger partial charge on any atom is 1.00 e. The number of rotatable bonds is 31. The third-order valence-corrected chi connectivity index (χ3v) is 7.90. The van der Waals surface area contributed by atoms with Gasteiger partial charge in [-0.2, -0.15) is 0 Å². The van der Waals surface area contributed by atoms with Crippen LogP contribution in [0.3, 0.4) is 0 Å². The number of carbonyl (C=O) groups excluding carboxylic acids is 4. The minimum absolute atomic E-state index is 0. The molecule has 0 aromatic rings. The molecule has 10 heteroatoms. The largest absolute Gasteiger partial charge is 1.00 e. The van der Waals surface area contributed by atoms with Gasteiger partial charge in [-0.25, -0.2) is 0 Å². The van der Waals surface area contributed by atoms with Crippen molar-refractivity contribution in [1.82, 2.24) is 0 Å². The molecule has 246 valence electrons. The van der Waals surface area contributed by atoms with Gasteiger partial charge in [-0.05, 0) is 37.5 Å². The van der Waals surface area contributed by atoms with E-state index in [1.165, 1.54) is 77.0 Å². The van der Waals surface area contributed by atoms with Crippen LogP contribution < -0.4 is 69.3 Å². The second kappa shape index (κ2) is 35.7. The van der Waals surface area contributed by atoms with Crippen LogP contribution in [-0.2, 0) is 28.7 Å². The monoisotopic (exact) mass is 642 g/mol. The van der Waals surface area contributed by atoms with Gasteiger partial charge in [0.25, 0.3) is 0 Å². The summed E-state index contributed by atoms with van der Waals surface area (Å²) in [5.74, 6) is -5.86. The number of carbonyl (C=O) groups is 4. The van der Waals surface area contributed by atoms with Crippen molar-refractivity contribution in [2.24, 2.45) is 11.8 Å². The van der Waals surface area contributed by atoms with Crippen LogP contribution in [0.5, 0.6) is 0 Å². The Morgan fingerprint density at radius 2 is 0.682 bits per heavy atom. The predicted molar refractivity (Wildman–Crippen MR) is 161 cm³/mol. The number of hydrogen-bond acceptors (Lipinski definition) is 8. The fourth-order valence-electron chi connectivity index (χ4n) is 5.34. The van der Waals surface area contributed by atoms with E-state index in [9.17, 15) is 29.4 Å². The molecule has 0 fully saturated rings. The summed E-state index contributed by atoms with van der Waals surface area (Å²) < 4.78 is 10.6. The van der Waals surface area contributed by atoms with Gasteiger partial charge in [0.2, 0.25) is 0 Å². The summed E-state index contributed by atoms with van der Waals surface area (Å²) in [6.45, 7) is 4.89. The first-order valence-electron chi connectivity index (χ1n) is 17.0. The summed E-state index contributed by atoms with van der Waals surface area (Å²) in [6.07, 6.45) is 21.4. The van der Waals surface area contributed by atoms with Crippen LogP contribution in [0.15, 0.2) is 0 Å². The zero-order valence-electron chi connectivity index (χ0n) is 28.8. The van der Waals surface area contributed by atoms with Crippen molar-refractivity contribution in [3.05, 3.63) is 0 Å². The van der Waals surface area contributed by atoms with Gasteiger partial charge >= 0.3 is 71.1 Å². The van der Waals surface area contributed by atoms with E-state index in [1.54, 1.807) is 0 Å². The maximum absolute atomic E-state index is 12.4. The first kappa shape index (κ1) is 48.3. The summed E-state index contributed by atoms with van der Waals surface area (Å²) in [4.78, 5) is 47.6. The number of carboxylic acid groups (broad SMARTS) is 2. The van der Waals surface area contributed by atoms with Crippen LogP contribution in [0.4, 0.5) is 0 Å². The molecular weight excluding hydrogens is 582 g/mol. The van der Waals surface area contributed by atoms with Crippen LogP contribution in [0.2, 0.25) is 0 Å². The Labute approximate surface area is 312 Å². The van der Waals surface area contributed by atoms with E-state index in [2.05, 4.69) is 13.8 Å². The molecule has 44 heavy (non-hydrogen) atoms. The van der Waals surface area contributed by atoms with Crippen LogP contribution in [-0.4, -0.2) is 37.1 Å². The zero-order valence-corrected chi connectivity index (χ0v) is 32.8. The standard InChI is InChI=1S/C34H62O8.2Na/c1-3-5-7-9-11-13-15-17-19-21-23-41-33(39)27-29(25-31(35)36)30(26-32(37)38)28-34(40)42-24-22-20-18-16-14-12-10-8-6-4-2;;/h29-30H,3-28H2,1-2H3,(H,35,36)(H,37,38);;/q;2*+1/p-2. The fourth-order valence-corrected chi connectivity index (χ4v) is 5.34. The van der Waals surface area contributed by atoms with E-state index in [1.807, 2.05) is 0 Å². The van der Waals surface area contributed by atoms with Crippen molar-refractivity contribution in [3.63, 3.8) is 0 Å². The van der Waals surface area contributed by atoms with Crippen LogP contribution in [0.1, 0.15) is 168 Å². The minimum atomic E-state index is -1.41. The van der Waals surface area contributed by atoms with Crippen LogP contribution in [0.25, 0.3) is 0 Å². The van der Waals surface area contributed by atoms with E-state index < -0.39 is 48.6 Å². The Morgan fingerprint density at radius 1 is 0.432 bits per heavy atom. The van der Waals surface area contributed by atoms with E-state index >= 15 is 0 Å². The van der Waals surface area contributed by atoms with Gasteiger partial charge in [0.05, 0.1) is 13.2 Å².